The van der Waals surface area contributed by atoms with Crippen LogP contribution < -0.4 is 16.0 Å². The molecule has 6 heteroatoms. The number of anilines is 1. The zero-order valence-corrected chi connectivity index (χ0v) is 12.6. The predicted octanol–water partition coefficient (Wildman–Crippen LogP) is 3.43. The minimum absolute atomic E-state index is 0.119. The third-order valence-electron chi connectivity index (χ3n) is 3.13. The lowest BCUT2D eigenvalue weighted by Gasteiger charge is -2.15. The van der Waals surface area contributed by atoms with E-state index in [-0.39, 0.29) is 11.7 Å². The van der Waals surface area contributed by atoms with Crippen LogP contribution in [0.5, 0.6) is 11.6 Å². The van der Waals surface area contributed by atoms with Crippen molar-refractivity contribution in [3.05, 3.63) is 41.0 Å². The van der Waals surface area contributed by atoms with Crippen molar-refractivity contribution >= 4 is 5.82 Å². The van der Waals surface area contributed by atoms with Gasteiger partial charge in [0.1, 0.15) is 17.4 Å². The van der Waals surface area contributed by atoms with E-state index in [9.17, 15) is 4.39 Å². The molecule has 112 valence electrons. The van der Waals surface area contributed by atoms with E-state index in [4.69, 9.17) is 10.6 Å². The summed E-state index contributed by atoms with van der Waals surface area (Å²) in [6, 6.07) is 4.38. The minimum atomic E-state index is -0.358. The van der Waals surface area contributed by atoms with Crippen molar-refractivity contribution in [2.75, 3.05) is 5.43 Å². The van der Waals surface area contributed by atoms with Gasteiger partial charge in [-0.1, -0.05) is 19.9 Å². The number of ether oxygens (including phenoxy) is 1. The fourth-order valence-corrected chi connectivity index (χ4v) is 1.80. The second kappa shape index (κ2) is 6.05. The number of nitrogens with one attached hydrogen (secondary N) is 1. The molecule has 2 aromatic rings. The Bertz CT molecular complexity index is 658. The average molecular weight is 290 g/mol. The van der Waals surface area contributed by atoms with E-state index >= 15 is 0 Å². The Morgan fingerprint density at radius 2 is 1.95 bits per heavy atom. The summed E-state index contributed by atoms with van der Waals surface area (Å²) in [5.74, 6) is 7.14. The number of halogens is 1. The summed E-state index contributed by atoms with van der Waals surface area (Å²) < 4.78 is 19.1. The monoisotopic (exact) mass is 290 g/mol. The molecule has 1 aromatic carbocycles. The van der Waals surface area contributed by atoms with Crippen LogP contribution in [0.2, 0.25) is 0 Å². The molecule has 0 amide bonds. The van der Waals surface area contributed by atoms with Gasteiger partial charge in [-0.05, 0) is 25.5 Å². The molecule has 0 saturated heterocycles. The number of nitrogens with two attached hydrogens (primary N) is 1. The third-order valence-corrected chi connectivity index (χ3v) is 3.13. The van der Waals surface area contributed by atoms with Crippen LogP contribution in [-0.4, -0.2) is 9.97 Å². The molecule has 0 fully saturated rings. The first-order valence-corrected chi connectivity index (χ1v) is 6.71. The van der Waals surface area contributed by atoms with Gasteiger partial charge in [-0.25, -0.2) is 15.2 Å². The Morgan fingerprint density at radius 1 is 1.24 bits per heavy atom. The summed E-state index contributed by atoms with van der Waals surface area (Å²) in [6.07, 6.45) is 0. The van der Waals surface area contributed by atoms with Gasteiger partial charge in [0.25, 0.3) is 0 Å². The molecule has 0 aliphatic rings. The highest BCUT2D eigenvalue weighted by molar-refractivity contribution is 5.49. The molecule has 2 rings (SSSR count). The molecule has 5 nitrogen and oxygen atoms in total. The molecule has 0 unspecified atom stereocenters. The van der Waals surface area contributed by atoms with Gasteiger partial charge in [0.15, 0.2) is 5.82 Å². The number of aryl methyl sites for hydroxylation is 1. The average Bonchev–Trinajstić information content (AvgIpc) is 2.44. The van der Waals surface area contributed by atoms with Crippen molar-refractivity contribution in [1.29, 1.82) is 0 Å². The summed E-state index contributed by atoms with van der Waals surface area (Å²) in [5.41, 5.74) is 4.03. The van der Waals surface area contributed by atoms with Gasteiger partial charge in [-0.2, -0.15) is 4.98 Å². The summed E-state index contributed by atoms with van der Waals surface area (Å²) in [6.45, 7) is 7.59. The Morgan fingerprint density at radius 3 is 2.57 bits per heavy atom. The van der Waals surface area contributed by atoms with Crippen LogP contribution >= 0.6 is 0 Å². The Hall–Kier alpha value is -2.21. The van der Waals surface area contributed by atoms with Gasteiger partial charge in [-0.3, -0.25) is 0 Å². The van der Waals surface area contributed by atoms with Gasteiger partial charge >= 0.3 is 0 Å². The molecule has 0 radical (unpaired) electrons. The second-order valence-electron chi connectivity index (χ2n) is 5.17. The fraction of sp³-hybridized carbons (Fsp3) is 0.333. The first-order chi connectivity index (χ1) is 9.92. The molecule has 0 bridgehead atoms. The van der Waals surface area contributed by atoms with Crippen molar-refractivity contribution in [1.82, 2.24) is 9.97 Å². The first-order valence-electron chi connectivity index (χ1n) is 6.71. The zero-order valence-electron chi connectivity index (χ0n) is 12.6. The molecule has 0 saturated carbocycles. The number of benzene rings is 1. The van der Waals surface area contributed by atoms with Crippen LogP contribution in [0.3, 0.4) is 0 Å². The standard InChI is InChI=1S/C15H19FN4O/c1-8(2)13-18-14(20-17)10(4)15(19-13)21-12-7-11(16)6-5-9(12)3/h5-8H,17H2,1-4H3,(H,18,19,20). The third kappa shape index (κ3) is 3.28. The molecule has 21 heavy (non-hydrogen) atoms. The maximum Gasteiger partial charge on any atom is 0.227 e. The summed E-state index contributed by atoms with van der Waals surface area (Å²) in [4.78, 5) is 8.73. The maximum absolute atomic E-state index is 13.4. The Labute approximate surface area is 123 Å². The molecule has 0 atom stereocenters. The van der Waals surface area contributed by atoms with Gasteiger partial charge in [-0.15, -0.1) is 0 Å². The molecular weight excluding hydrogens is 271 g/mol. The van der Waals surface area contributed by atoms with E-state index in [2.05, 4.69) is 15.4 Å². The SMILES string of the molecule is Cc1ccc(F)cc1Oc1nc(C(C)C)nc(NN)c1C. The van der Waals surface area contributed by atoms with Crippen LogP contribution in [0.4, 0.5) is 10.2 Å². The summed E-state index contributed by atoms with van der Waals surface area (Å²) in [5, 5.41) is 0. The smallest absolute Gasteiger partial charge is 0.227 e. The van der Waals surface area contributed by atoms with Crippen LogP contribution in [0.1, 0.15) is 36.7 Å². The summed E-state index contributed by atoms with van der Waals surface area (Å²) >= 11 is 0. The van der Waals surface area contributed by atoms with Crippen molar-refractivity contribution in [3.63, 3.8) is 0 Å². The number of aromatic nitrogens is 2. The first kappa shape index (κ1) is 15.2. The van der Waals surface area contributed by atoms with Gasteiger partial charge in [0.2, 0.25) is 5.88 Å². The minimum Gasteiger partial charge on any atom is -0.438 e. The van der Waals surface area contributed by atoms with Crippen LogP contribution in [-0.2, 0) is 0 Å². The van der Waals surface area contributed by atoms with E-state index in [1.54, 1.807) is 13.0 Å². The van der Waals surface area contributed by atoms with Gasteiger partial charge < -0.3 is 10.2 Å². The summed E-state index contributed by atoms with van der Waals surface area (Å²) in [7, 11) is 0. The molecule has 3 N–H and O–H groups in total. The molecule has 0 spiro atoms. The largest absolute Gasteiger partial charge is 0.438 e. The maximum atomic E-state index is 13.4. The van der Waals surface area contributed by atoms with Crippen molar-refractivity contribution < 1.29 is 9.13 Å². The van der Waals surface area contributed by atoms with E-state index in [0.29, 0.717) is 28.8 Å². The van der Waals surface area contributed by atoms with Crippen LogP contribution in [0.25, 0.3) is 0 Å². The van der Waals surface area contributed by atoms with Crippen molar-refractivity contribution in [2.45, 2.75) is 33.6 Å². The second-order valence-corrected chi connectivity index (χ2v) is 5.17. The highest BCUT2D eigenvalue weighted by Crippen LogP contribution is 2.30. The van der Waals surface area contributed by atoms with E-state index in [1.165, 1.54) is 12.1 Å². The zero-order chi connectivity index (χ0) is 15.6. The number of hydrogen-bond acceptors (Lipinski definition) is 5. The molecule has 0 aliphatic heterocycles. The number of nitrogens with zero attached hydrogens (tertiary/aromatic N) is 2. The fourth-order valence-electron chi connectivity index (χ4n) is 1.80. The lowest BCUT2D eigenvalue weighted by Crippen LogP contribution is -2.13. The molecular formula is C15H19FN4O. The van der Waals surface area contributed by atoms with Crippen LogP contribution in [0, 0.1) is 19.7 Å². The predicted molar refractivity (Wildman–Crippen MR) is 79.9 cm³/mol. The van der Waals surface area contributed by atoms with Crippen molar-refractivity contribution in [2.24, 2.45) is 5.84 Å². The highest BCUT2D eigenvalue weighted by Gasteiger charge is 2.15. The van der Waals surface area contributed by atoms with E-state index in [1.807, 2.05) is 20.8 Å². The topological polar surface area (TPSA) is 73.1 Å². The highest BCUT2D eigenvalue weighted by atomic mass is 19.1. The normalized spacial score (nSPS) is 10.8. The number of hydrazine groups is 1. The lowest BCUT2D eigenvalue weighted by molar-refractivity contribution is 0.445. The molecule has 1 heterocycles. The number of nitrogen functional groups attached to an aromatic ring is 1. The lowest BCUT2D eigenvalue weighted by atomic mass is 10.2. The Balaban J connectivity index is 2.47. The Kier molecular flexibility index (Phi) is 4.37. The van der Waals surface area contributed by atoms with E-state index < -0.39 is 0 Å². The quantitative estimate of drug-likeness (QED) is 0.666. The van der Waals surface area contributed by atoms with Crippen molar-refractivity contribution in [3.8, 4) is 11.6 Å². The number of hydrogen-bond donors (Lipinski definition) is 2. The van der Waals surface area contributed by atoms with E-state index in [0.717, 1.165) is 5.56 Å². The number of rotatable bonds is 4. The molecule has 1 aromatic heterocycles. The van der Waals surface area contributed by atoms with Crippen LogP contribution in [0.15, 0.2) is 18.2 Å². The molecule has 0 aliphatic carbocycles. The van der Waals surface area contributed by atoms with Gasteiger partial charge in [0.05, 0.1) is 5.56 Å². The van der Waals surface area contributed by atoms with Gasteiger partial charge in [0, 0.05) is 12.0 Å².